The van der Waals surface area contributed by atoms with E-state index in [9.17, 15) is 4.79 Å². The van der Waals surface area contributed by atoms with Gasteiger partial charge < -0.3 is 5.11 Å². The number of carboxylic acid groups (broad SMARTS) is 1. The summed E-state index contributed by atoms with van der Waals surface area (Å²) in [5.41, 5.74) is 3.04. The zero-order valence-electron chi connectivity index (χ0n) is 9.03. The highest BCUT2D eigenvalue weighted by atomic mass is 16.4. The minimum atomic E-state index is -0.849. The third-order valence-electron chi connectivity index (χ3n) is 2.55. The first-order valence-corrected chi connectivity index (χ1v) is 4.76. The van der Waals surface area contributed by atoms with Crippen molar-refractivity contribution >= 4 is 5.97 Å². The zero-order chi connectivity index (χ0) is 10.9. The van der Waals surface area contributed by atoms with E-state index in [1.807, 2.05) is 20.8 Å². The van der Waals surface area contributed by atoms with Crippen LogP contribution in [0.4, 0.5) is 0 Å². The molecule has 0 bridgehead atoms. The highest BCUT2D eigenvalue weighted by molar-refractivity contribution is 5.71. The lowest BCUT2D eigenvalue weighted by atomic mass is 10.1. The van der Waals surface area contributed by atoms with E-state index < -0.39 is 12.0 Å². The summed E-state index contributed by atoms with van der Waals surface area (Å²) in [6.45, 7) is 7.52. The van der Waals surface area contributed by atoms with Crippen molar-refractivity contribution in [1.82, 2.24) is 9.78 Å². The van der Waals surface area contributed by atoms with Gasteiger partial charge in [0.05, 0.1) is 5.69 Å². The molecule has 0 radical (unpaired) electrons. The first-order chi connectivity index (χ1) is 6.49. The number of rotatable bonds is 3. The topological polar surface area (TPSA) is 55.1 Å². The molecule has 0 fully saturated rings. The van der Waals surface area contributed by atoms with Crippen molar-refractivity contribution < 1.29 is 9.90 Å². The van der Waals surface area contributed by atoms with Crippen molar-refractivity contribution in [1.29, 1.82) is 0 Å². The highest BCUT2D eigenvalue weighted by Gasteiger charge is 2.19. The summed E-state index contributed by atoms with van der Waals surface area (Å²) >= 11 is 0. The van der Waals surface area contributed by atoms with Crippen LogP contribution in [0.5, 0.6) is 0 Å². The molecule has 0 saturated carbocycles. The van der Waals surface area contributed by atoms with Crippen molar-refractivity contribution in [2.45, 2.75) is 40.2 Å². The van der Waals surface area contributed by atoms with E-state index in [2.05, 4.69) is 5.10 Å². The van der Waals surface area contributed by atoms with Crippen LogP contribution in [-0.4, -0.2) is 20.9 Å². The average molecular weight is 196 g/mol. The SMILES string of the molecule is CCc1c(C)nn([C@H](C)C(=O)O)c1C. The van der Waals surface area contributed by atoms with Gasteiger partial charge in [-0.25, -0.2) is 4.79 Å². The lowest BCUT2D eigenvalue weighted by Gasteiger charge is -2.09. The summed E-state index contributed by atoms with van der Waals surface area (Å²) in [4.78, 5) is 10.8. The molecule has 4 heteroatoms. The quantitative estimate of drug-likeness (QED) is 0.800. The molecule has 1 N–H and O–H groups in total. The van der Waals surface area contributed by atoms with Crippen LogP contribution < -0.4 is 0 Å². The van der Waals surface area contributed by atoms with Gasteiger partial charge in [-0.2, -0.15) is 5.10 Å². The monoisotopic (exact) mass is 196 g/mol. The van der Waals surface area contributed by atoms with Gasteiger partial charge in [-0.1, -0.05) is 6.92 Å². The van der Waals surface area contributed by atoms with Crippen LogP contribution in [0.1, 0.15) is 36.8 Å². The van der Waals surface area contributed by atoms with Gasteiger partial charge in [0.2, 0.25) is 0 Å². The van der Waals surface area contributed by atoms with Crippen molar-refractivity contribution in [3.05, 3.63) is 17.0 Å². The van der Waals surface area contributed by atoms with Crippen molar-refractivity contribution in [2.75, 3.05) is 0 Å². The molecule has 0 spiro atoms. The lowest BCUT2D eigenvalue weighted by molar-refractivity contribution is -0.140. The van der Waals surface area contributed by atoms with Crippen molar-refractivity contribution in [2.24, 2.45) is 0 Å². The average Bonchev–Trinajstić information content (AvgIpc) is 2.40. The second-order valence-corrected chi connectivity index (χ2v) is 3.46. The van der Waals surface area contributed by atoms with Gasteiger partial charge in [-0.15, -0.1) is 0 Å². The van der Waals surface area contributed by atoms with E-state index in [1.54, 1.807) is 11.6 Å². The van der Waals surface area contributed by atoms with Crippen LogP contribution in [-0.2, 0) is 11.2 Å². The molecule has 0 aliphatic heterocycles. The molecule has 0 amide bonds. The van der Waals surface area contributed by atoms with E-state index >= 15 is 0 Å². The standard InChI is InChI=1S/C10H16N2O2/c1-5-9-6(2)11-12(7(9)3)8(4)10(13)14/h8H,5H2,1-4H3,(H,13,14)/t8-/m1/s1. The molecule has 0 saturated heterocycles. The zero-order valence-corrected chi connectivity index (χ0v) is 9.03. The van der Waals surface area contributed by atoms with Crippen molar-refractivity contribution in [3.63, 3.8) is 0 Å². The fourth-order valence-corrected chi connectivity index (χ4v) is 1.69. The smallest absolute Gasteiger partial charge is 0.328 e. The molecular weight excluding hydrogens is 180 g/mol. The minimum Gasteiger partial charge on any atom is -0.480 e. The summed E-state index contributed by atoms with van der Waals surface area (Å²) < 4.78 is 1.58. The molecule has 1 aromatic heterocycles. The maximum absolute atomic E-state index is 10.8. The second-order valence-electron chi connectivity index (χ2n) is 3.46. The van der Waals surface area contributed by atoms with E-state index in [0.29, 0.717) is 0 Å². The molecule has 1 heterocycles. The normalized spacial score (nSPS) is 12.9. The highest BCUT2D eigenvalue weighted by Crippen LogP contribution is 2.17. The Bertz CT molecular complexity index is 355. The van der Waals surface area contributed by atoms with E-state index in [-0.39, 0.29) is 0 Å². The summed E-state index contributed by atoms with van der Waals surface area (Å²) in [6, 6.07) is -0.589. The Morgan fingerprint density at radius 3 is 2.50 bits per heavy atom. The Morgan fingerprint density at radius 2 is 2.14 bits per heavy atom. The number of aryl methyl sites for hydroxylation is 1. The Kier molecular flexibility index (Phi) is 2.93. The van der Waals surface area contributed by atoms with Gasteiger partial charge in [0, 0.05) is 5.69 Å². The Labute approximate surface area is 83.5 Å². The molecule has 0 aliphatic carbocycles. The van der Waals surface area contributed by atoms with Gasteiger partial charge in [-0.05, 0) is 32.8 Å². The third-order valence-corrected chi connectivity index (χ3v) is 2.55. The summed E-state index contributed by atoms with van der Waals surface area (Å²) in [5, 5.41) is 13.1. The van der Waals surface area contributed by atoms with Gasteiger partial charge in [-0.3, -0.25) is 4.68 Å². The number of hydrogen-bond donors (Lipinski definition) is 1. The second kappa shape index (κ2) is 3.82. The molecule has 1 aromatic rings. The Hall–Kier alpha value is -1.32. The van der Waals surface area contributed by atoms with E-state index in [4.69, 9.17) is 5.11 Å². The van der Waals surface area contributed by atoms with Crippen LogP contribution in [0, 0.1) is 13.8 Å². The van der Waals surface area contributed by atoms with Gasteiger partial charge in [0.1, 0.15) is 6.04 Å². The van der Waals surface area contributed by atoms with Gasteiger partial charge in [0.15, 0.2) is 0 Å². The molecule has 1 rings (SSSR count). The lowest BCUT2D eigenvalue weighted by Crippen LogP contribution is -2.18. The summed E-state index contributed by atoms with van der Waals surface area (Å²) in [5.74, 6) is -0.849. The van der Waals surface area contributed by atoms with Crippen LogP contribution in [0.25, 0.3) is 0 Å². The molecular formula is C10H16N2O2. The number of aromatic nitrogens is 2. The first-order valence-electron chi connectivity index (χ1n) is 4.76. The van der Waals surface area contributed by atoms with Gasteiger partial charge >= 0.3 is 5.97 Å². The number of carbonyl (C=O) groups is 1. The predicted molar refractivity (Wildman–Crippen MR) is 53.4 cm³/mol. The third kappa shape index (κ3) is 1.64. The number of nitrogens with zero attached hydrogens (tertiary/aromatic N) is 2. The first kappa shape index (κ1) is 10.8. The van der Waals surface area contributed by atoms with E-state index in [0.717, 1.165) is 23.4 Å². The Balaban J connectivity index is 3.17. The number of hydrogen-bond acceptors (Lipinski definition) is 2. The molecule has 0 aromatic carbocycles. The molecule has 0 unspecified atom stereocenters. The predicted octanol–water partition coefficient (Wildman–Crippen LogP) is 1.71. The maximum atomic E-state index is 10.8. The molecule has 78 valence electrons. The summed E-state index contributed by atoms with van der Waals surface area (Å²) in [7, 11) is 0. The minimum absolute atomic E-state index is 0.589. The fraction of sp³-hybridized carbons (Fsp3) is 0.600. The molecule has 1 atom stereocenters. The van der Waals surface area contributed by atoms with Gasteiger partial charge in [0.25, 0.3) is 0 Å². The summed E-state index contributed by atoms with van der Waals surface area (Å²) in [6.07, 6.45) is 0.893. The van der Waals surface area contributed by atoms with E-state index in [1.165, 1.54) is 0 Å². The molecule has 14 heavy (non-hydrogen) atoms. The van der Waals surface area contributed by atoms with Crippen LogP contribution in [0.3, 0.4) is 0 Å². The van der Waals surface area contributed by atoms with Crippen LogP contribution in [0.15, 0.2) is 0 Å². The number of aliphatic carboxylic acids is 1. The van der Waals surface area contributed by atoms with Crippen molar-refractivity contribution in [3.8, 4) is 0 Å². The molecule has 4 nitrogen and oxygen atoms in total. The molecule has 0 aliphatic rings. The Morgan fingerprint density at radius 1 is 1.57 bits per heavy atom. The van der Waals surface area contributed by atoms with Crippen LogP contribution in [0.2, 0.25) is 0 Å². The fourth-order valence-electron chi connectivity index (χ4n) is 1.69. The number of carboxylic acids is 1. The van der Waals surface area contributed by atoms with Crippen LogP contribution >= 0.6 is 0 Å². The maximum Gasteiger partial charge on any atom is 0.328 e. The largest absolute Gasteiger partial charge is 0.480 e.